The molecule has 1 N–H and O–H groups in total. The zero-order chi connectivity index (χ0) is 12.1. The van der Waals surface area contributed by atoms with Crippen LogP contribution in [-0.2, 0) is 11.3 Å². The van der Waals surface area contributed by atoms with Crippen LogP contribution in [0.15, 0.2) is 24.8 Å². The van der Waals surface area contributed by atoms with Crippen LogP contribution in [0.1, 0.15) is 6.42 Å². The van der Waals surface area contributed by atoms with E-state index in [4.69, 9.17) is 11.6 Å². The number of hydrogen-bond donors (Lipinski definition) is 1. The highest BCUT2D eigenvalue weighted by Crippen LogP contribution is 2.06. The van der Waals surface area contributed by atoms with E-state index in [1.807, 2.05) is 0 Å². The van der Waals surface area contributed by atoms with Crippen LogP contribution in [0.25, 0.3) is 0 Å². The molecule has 0 bridgehead atoms. The largest absolute Gasteiger partial charge is 0.309 e. The highest BCUT2D eigenvalue weighted by molar-refractivity contribution is 6.29. The van der Waals surface area contributed by atoms with Gasteiger partial charge in [-0.2, -0.15) is 0 Å². The molecule has 2 heterocycles. The van der Waals surface area contributed by atoms with E-state index in [2.05, 4.69) is 25.6 Å². The minimum absolute atomic E-state index is 0.183. The molecule has 2 aromatic heterocycles. The Hall–Kier alpha value is -2.02. The molecule has 0 unspecified atom stereocenters. The molecule has 1 amide bonds. The molecule has 0 aromatic carbocycles. The van der Waals surface area contributed by atoms with E-state index < -0.39 is 0 Å². The summed E-state index contributed by atoms with van der Waals surface area (Å²) in [6.07, 6.45) is 6.34. The maximum absolute atomic E-state index is 11.5. The topological polar surface area (TPSA) is 85.6 Å². The Morgan fingerprint density at radius 1 is 1.47 bits per heavy atom. The molecule has 0 aliphatic rings. The van der Waals surface area contributed by atoms with Crippen LogP contribution >= 0.6 is 11.6 Å². The Labute approximate surface area is 102 Å². The maximum Gasteiger partial charge on any atom is 0.227 e. The van der Waals surface area contributed by atoms with Gasteiger partial charge in [0.15, 0.2) is 5.82 Å². The fourth-order valence-corrected chi connectivity index (χ4v) is 1.32. The number of aryl methyl sites for hydroxylation is 1. The van der Waals surface area contributed by atoms with Gasteiger partial charge in [-0.3, -0.25) is 14.5 Å². The maximum atomic E-state index is 11.5. The van der Waals surface area contributed by atoms with Gasteiger partial charge in [-0.1, -0.05) is 16.8 Å². The van der Waals surface area contributed by atoms with Gasteiger partial charge in [0.05, 0.1) is 25.1 Å². The SMILES string of the molecule is O=C(CCn1ccnn1)Nc1cncc(Cl)n1. The van der Waals surface area contributed by atoms with Crippen molar-refractivity contribution in [3.63, 3.8) is 0 Å². The van der Waals surface area contributed by atoms with E-state index in [9.17, 15) is 4.79 Å². The van der Waals surface area contributed by atoms with E-state index in [1.165, 1.54) is 12.4 Å². The van der Waals surface area contributed by atoms with E-state index in [-0.39, 0.29) is 17.5 Å². The van der Waals surface area contributed by atoms with E-state index >= 15 is 0 Å². The molecule has 8 heteroatoms. The fraction of sp³-hybridized carbons (Fsp3) is 0.222. The van der Waals surface area contributed by atoms with Crippen molar-refractivity contribution in [2.75, 3.05) is 5.32 Å². The number of carbonyl (C=O) groups excluding carboxylic acids is 1. The molecule has 0 radical (unpaired) electrons. The zero-order valence-electron chi connectivity index (χ0n) is 8.75. The second kappa shape index (κ2) is 5.35. The van der Waals surface area contributed by atoms with E-state index in [0.717, 1.165) is 0 Å². The first-order chi connectivity index (χ1) is 8.24. The molecule has 2 rings (SSSR count). The van der Waals surface area contributed by atoms with Gasteiger partial charge in [-0.15, -0.1) is 5.10 Å². The number of nitrogens with zero attached hydrogens (tertiary/aromatic N) is 5. The summed E-state index contributed by atoms with van der Waals surface area (Å²) in [6.45, 7) is 0.458. The van der Waals surface area contributed by atoms with Crippen molar-refractivity contribution in [3.05, 3.63) is 29.9 Å². The van der Waals surface area contributed by atoms with Gasteiger partial charge in [-0.05, 0) is 0 Å². The summed E-state index contributed by atoms with van der Waals surface area (Å²) >= 11 is 5.64. The average molecular weight is 253 g/mol. The van der Waals surface area contributed by atoms with E-state index in [0.29, 0.717) is 12.4 Å². The molecule has 0 aliphatic heterocycles. The molecule has 0 atom stereocenters. The van der Waals surface area contributed by atoms with Gasteiger partial charge < -0.3 is 5.32 Å². The summed E-state index contributed by atoms with van der Waals surface area (Å²) in [7, 11) is 0. The summed E-state index contributed by atoms with van der Waals surface area (Å²) in [5, 5.41) is 10.2. The molecule has 2 aromatic rings. The predicted octanol–water partition coefficient (Wildman–Crippen LogP) is 0.750. The van der Waals surface area contributed by atoms with E-state index in [1.54, 1.807) is 17.1 Å². The van der Waals surface area contributed by atoms with Crippen LogP contribution < -0.4 is 5.32 Å². The van der Waals surface area contributed by atoms with Gasteiger partial charge in [0.25, 0.3) is 0 Å². The smallest absolute Gasteiger partial charge is 0.227 e. The third-order valence-electron chi connectivity index (χ3n) is 1.91. The van der Waals surface area contributed by atoms with Gasteiger partial charge in [-0.25, -0.2) is 4.98 Å². The normalized spacial score (nSPS) is 10.2. The average Bonchev–Trinajstić information content (AvgIpc) is 2.79. The molecule has 17 heavy (non-hydrogen) atoms. The second-order valence-corrected chi connectivity index (χ2v) is 3.58. The van der Waals surface area contributed by atoms with Crippen molar-refractivity contribution in [1.82, 2.24) is 25.0 Å². The molecule has 0 fully saturated rings. The molecule has 0 saturated carbocycles. The van der Waals surface area contributed by atoms with Crippen molar-refractivity contribution < 1.29 is 4.79 Å². The minimum Gasteiger partial charge on any atom is -0.309 e. The lowest BCUT2D eigenvalue weighted by Crippen LogP contribution is -2.15. The lowest BCUT2D eigenvalue weighted by atomic mass is 10.4. The molecule has 7 nitrogen and oxygen atoms in total. The number of anilines is 1. The zero-order valence-corrected chi connectivity index (χ0v) is 9.50. The molecule has 0 spiro atoms. The Morgan fingerprint density at radius 3 is 3.06 bits per heavy atom. The number of halogens is 1. The highest BCUT2D eigenvalue weighted by atomic mass is 35.5. The Morgan fingerprint density at radius 2 is 2.35 bits per heavy atom. The number of rotatable bonds is 4. The highest BCUT2D eigenvalue weighted by Gasteiger charge is 2.04. The molecule has 0 aliphatic carbocycles. The Kier molecular flexibility index (Phi) is 3.61. The van der Waals surface area contributed by atoms with Crippen molar-refractivity contribution in [2.24, 2.45) is 0 Å². The molecule has 0 saturated heterocycles. The van der Waals surface area contributed by atoms with Gasteiger partial charge in [0, 0.05) is 12.6 Å². The lowest BCUT2D eigenvalue weighted by Gasteiger charge is -2.03. The van der Waals surface area contributed by atoms with Crippen LogP contribution in [0, 0.1) is 0 Å². The molecule has 88 valence electrons. The van der Waals surface area contributed by atoms with Gasteiger partial charge >= 0.3 is 0 Å². The number of aromatic nitrogens is 5. The lowest BCUT2D eigenvalue weighted by molar-refractivity contribution is -0.116. The minimum atomic E-state index is -0.183. The summed E-state index contributed by atoms with van der Waals surface area (Å²) in [5.74, 6) is 0.151. The Balaban J connectivity index is 1.85. The summed E-state index contributed by atoms with van der Waals surface area (Å²) < 4.78 is 1.57. The van der Waals surface area contributed by atoms with Crippen LogP contribution in [0.4, 0.5) is 5.82 Å². The van der Waals surface area contributed by atoms with Gasteiger partial charge in [0.2, 0.25) is 5.91 Å². The van der Waals surface area contributed by atoms with Crippen molar-refractivity contribution in [2.45, 2.75) is 13.0 Å². The van der Waals surface area contributed by atoms with Crippen molar-refractivity contribution in [3.8, 4) is 0 Å². The monoisotopic (exact) mass is 252 g/mol. The fourth-order valence-electron chi connectivity index (χ4n) is 1.18. The molecular formula is C9H9ClN6O. The van der Waals surface area contributed by atoms with Crippen LogP contribution in [0.5, 0.6) is 0 Å². The van der Waals surface area contributed by atoms with Crippen LogP contribution in [-0.4, -0.2) is 30.9 Å². The third kappa shape index (κ3) is 3.49. The van der Waals surface area contributed by atoms with Crippen molar-refractivity contribution in [1.29, 1.82) is 0 Å². The van der Waals surface area contributed by atoms with Crippen LogP contribution in [0.2, 0.25) is 5.15 Å². The Bertz CT molecular complexity index is 500. The second-order valence-electron chi connectivity index (χ2n) is 3.19. The first-order valence-electron chi connectivity index (χ1n) is 4.85. The number of carbonyl (C=O) groups is 1. The number of hydrogen-bond acceptors (Lipinski definition) is 5. The predicted molar refractivity (Wildman–Crippen MR) is 60.3 cm³/mol. The summed E-state index contributed by atoms with van der Waals surface area (Å²) in [6, 6.07) is 0. The number of amides is 1. The van der Waals surface area contributed by atoms with Gasteiger partial charge in [0.1, 0.15) is 5.15 Å². The first kappa shape index (κ1) is 11.5. The molecular weight excluding hydrogens is 244 g/mol. The quantitative estimate of drug-likeness (QED) is 0.868. The summed E-state index contributed by atoms with van der Waals surface area (Å²) in [4.78, 5) is 19.2. The third-order valence-corrected chi connectivity index (χ3v) is 2.09. The van der Waals surface area contributed by atoms with Crippen molar-refractivity contribution >= 4 is 23.3 Å². The number of nitrogens with one attached hydrogen (secondary N) is 1. The first-order valence-corrected chi connectivity index (χ1v) is 5.23. The standard InChI is InChI=1S/C9H9ClN6O/c10-7-5-11-6-8(13-7)14-9(17)1-3-16-4-2-12-15-16/h2,4-6H,1,3H2,(H,13,14,17). The van der Waals surface area contributed by atoms with Crippen LogP contribution in [0.3, 0.4) is 0 Å². The summed E-state index contributed by atoms with van der Waals surface area (Å²) in [5.41, 5.74) is 0.